The van der Waals surface area contributed by atoms with Crippen molar-refractivity contribution >= 4 is 5.69 Å². The number of hydrogen-bond acceptors (Lipinski definition) is 2. The van der Waals surface area contributed by atoms with Gasteiger partial charge in [0.25, 0.3) is 0 Å². The second-order valence-electron chi connectivity index (χ2n) is 3.87. The van der Waals surface area contributed by atoms with Crippen LogP contribution in [0.5, 0.6) is 0 Å². The standard InChI is InChI=1S/C12H17NO/c14-10-11-4-6-12(7-5-11)13-8-2-1-3-9-13/h4-7,14H,1-3,8-10H2. The van der Waals surface area contributed by atoms with Crippen molar-refractivity contribution in [3.63, 3.8) is 0 Å². The summed E-state index contributed by atoms with van der Waals surface area (Å²) in [4.78, 5) is 2.42. The fraction of sp³-hybridized carbons (Fsp3) is 0.500. The molecule has 2 rings (SSSR count). The second-order valence-corrected chi connectivity index (χ2v) is 3.87. The molecule has 0 spiro atoms. The summed E-state index contributed by atoms with van der Waals surface area (Å²) in [5, 5.41) is 8.93. The van der Waals surface area contributed by atoms with E-state index in [-0.39, 0.29) is 6.61 Å². The number of nitrogens with zero attached hydrogens (tertiary/aromatic N) is 1. The van der Waals surface area contributed by atoms with Crippen LogP contribution in [0.3, 0.4) is 0 Å². The van der Waals surface area contributed by atoms with E-state index in [9.17, 15) is 0 Å². The van der Waals surface area contributed by atoms with Gasteiger partial charge in [-0.2, -0.15) is 0 Å². The van der Waals surface area contributed by atoms with Crippen LogP contribution in [0.1, 0.15) is 24.8 Å². The van der Waals surface area contributed by atoms with E-state index in [1.807, 2.05) is 12.1 Å². The van der Waals surface area contributed by atoms with Gasteiger partial charge in [0.1, 0.15) is 0 Å². The van der Waals surface area contributed by atoms with E-state index >= 15 is 0 Å². The van der Waals surface area contributed by atoms with Crippen LogP contribution >= 0.6 is 0 Å². The van der Waals surface area contributed by atoms with Gasteiger partial charge in [0.15, 0.2) is 0 Å². The van der Waals surface area contributed by atoms with Crippen molar-refractivity contribution in [3.8, 4) is 0 Å². The van der Waals surface area contributed by atoms with E-state index in [1.165, 1.54) is 38.0 Å². The van der Waals surface area contributed by atoms with Crippen molar-refractivity contribution in [1.82, 2.24) is 0 Å². The number of rotatable bonds is 2. The van der Waals surface area contributed by atoms with Crippen molar-refractivity contribution in [2.45, 2.75) is 25.9 Å². The molecule has 1 aromatic rings. The molecule has 0 aliphatic carbocycles. The highest BCUT2D eigenvalue weighted by atomic mass is 16.3. The molecule has 2 heteroatoms. The Balaban J connectivity index is 2.07. The quantitative estimate of drug-likeness (QED) is 0.774. The van der Waals surface area contributed by atoms with E-state index in [0.29, 0.717) is 0 Å². The average Bonchev–Trinajstić information content (AvgIpc) is 2.30. The van der Waals surface area contributed by atoms with Crippen molar-refractivity contribution < 1.29 is 5.11 Å². The highest BCUT2D eigenvalue weighted by Crippen LogP contribution is 2.19. The molecule has 1 saturated heterocycles. The van der Waals surface area contributed by atoms with Gasteiger partial charge in [-0.15, -0.1) is 0 Å². The van der Waals surface area contributed by atoms with Crippen LogP contribution in [0.15, 0.2) is 24.3 Å². The lowest BCUT2D eigenvalue weighted by molar-refractivity contribution is 0.282. The number of aliphatic hydroxyl groups excluding tert-OH is 1. The second kappa shape index (κ2) is 4.47. The maximum absolute atomic E-state index is 8.93. The first-order valence-corrected chi connectivity index (χ1v) is 5.35. The fourth-order valence-corrected chi connectivity index (χ4v) is 1.96. The first-order chi connectivity index (χ1) is 6.90. The van der Waals surface area contributed by atoms with Gasteiger partial charge in [-0.1, -0.05) is 12.1 Å². The maximum Gasteiger partial charge on any atom is 0.0681 e. The van der Waals surface area contributed by atoms with E-state index < -0.39 is 0 Å². The van der Waals surface area contributed by atoms with E-state index in [2.05, 4.69) is 17.0 Å². The van der Waals surface area contributed by atoms with Gasteiger partial charge in [-0.25, -0.2) is 0 Å². The Morgan fingerprint density at radius 2 is 1.64 bits per heavy atom. The molecule has 0 bridgehead atoms. The van der Waals surface area contributed by atoms with Gasteiger partial charge in [0.05, 0.1) is 6.61 Å². The summed E-state index contributed by atoms with van der Waals surface area (Å²) in [6.45, 7) is 2.50. The van der Waals surface area contributed by atoms with Gasteiger partial charge in [-0.3, -0.25) is 0 Å². The largest absolute Gasteiger partial charge is 0.392 e. The fourth-order valence-electron chi connectivity index (χ4n) is 1.96. The van der Waals surface area contributed by atoms with Crippen molar-refractivity contribution in [1.29, 1.82) is 0 Å². The van der Waals surface area contributed by atoms with Crippen LogP contribution in [0.2, 0.25) is 0 Å². The molecule has 1 aliphatic heterocycles. The zero-order chi connectivity index (χ0) is 9.80. The molecule has 0 atom stereocenters. The number of aliphatic hydroxyl groups is 1. The smallest absolute Gasteiger partial charge is 0.0681 e. The molecule has 0 unspecified atom stereocenters. The molecule has 14 heavy (non-hydrogen) atoms. The minimum absolute atomic E-state index is 0.139. The predicted molar refractivity (Wildman–Crippen MR) is 58.4 cm³/mol. The molecule has 0 amide bonds. The monoisotopic (exact) mass is 191 g/mol. The molecule has 2 nitrogen and oxygen atoms in total. The predicted octanol–water partition coefficient (Wildman–Crippen LogP) is 2.17. The van der Waals surface area contributed by atoms with Gasteiger partial charge in [0, 0.05) is 18.8 Å². The molecule has 1 N–H and O–H groups in total. The van der Waals surface area contributed by atoms with Gasteiger partial charge >= 0.3 is 0 Å². The third-order valence-corrected chi connectivity index (χ3v) is 2.84. The number of hydrogen-bond donors (Lipinski definition) is 1. The molecule has 0 saturated carbocycles. The van der Waals surface area contributed by atoms with E-state index in [1.54, 1.807) is 0 Å². The van der Waals surface area contributed by atoms with E-state index in [4.69, 9.17) is 5.11 Å². The first kappa shape index (κ1) is 9.53. The summed E-state index contributed by atoms with van der Waals surface area (Å²) >= 11 is 0. The molecule has 0 aromatic heterocycles. The zero-order valence-corrected chi connectivity index (χ0v) is 8.45. The Kier molecular flexibility index (Phi) is 3.04. The summed E-state index contributed by atoms with van der Waals surface area (Å²) in [5.41, 5.74) is 2.28. The lowest BCUT2D eigenvalue weighted by Gasteiger charge is -2.28. The molecule has 0 radical (unpaired) electrons. The van der Waals surface area contributed by atoms with Crippen LogP contribution in [0, 0.1) is 0 Å². The highest BCUT2D eigenvalue weighted by Gasteiger charge is 2.09. The Bertz CT molecular complexity index is 275. The lowest BCUT2D eigenvalue weighted by Crippen LogP contribution is -2.29. The normalized spacial score (nSPS) is 17.1. The van der Waals surface area contributed by atoms with Crippen LogP contribution in [-0.4, -0.2) is 18.2 Å². The van der Waals surface area contributed by atoms with Crippen LogP contribution in [0.25, 0.3) is 0 Å². The lowest BCUT2D eigenvalue weighted by atomic mass is 10.1. The maximum atomic E-state index is 8.93. The third kappa shape index (κ3) is 2.07. The van der Waals surface area contributed by atoms with Crippen molar-refractivity contribution in [2.75, 3.05) is 18.0 Å². The zero-order valence-electron chi connectivity index (χ0n) is 8.45. The first-order valence-electron chi connectivity index (χ1n) is 5.35. The average molecular weight is 191 g/mol. The third-order valence-electron chi connectivity index (χ3n) is 2.84. The number of anilines is 1. The Labute approximate surface area is 85.2 Å². The molecule has 1 aromatic carbocycles. The van der Waals surface area contributed by atoms with Gasteiger partial charge in [0.2, 0.25) is 0 Å². The molecule has 1 heterocycles. The Morgan fingerprint density at radius 3 is 2.21 bits per heavy atom. The van der Waals surface area contributed by atoms with Crippen molar-refractivity contribution in [2.24, 2.45) is 0 Å². The highest BCUT2D eigenvalue weighted by molar-refractivity contribution is 5.47. The number of benzene rings is 1. The van der Waals surface area contributed by atoms with Gasteiger partial charge < -0.3 is 10.0 Å². The summed E-state index contributed by atoms with van der Waals surface area (Å²) in [6.07, 6.45) is 3.98. The van der Waals surface area contributed by atoms with Crippen molar-refractivity contribution in [3.05, 3.63) is 29.8 Å². The Hall–Kier alpha value is -1.02. The molecule has 1 aliphatic rings. The van der Waals surface area contributed by atoms with Crippen LogP contribution < -0.4 is 4.90 Å². The molecule has 1 fully saturated rings. The molecular formula is C12H17NO. The van der Waals surface area contributed by atoms with Gasteiger partial charge in [-0.05, 0) is 37.0 Å². The number of piperidine rings is 1. The van der Waals surface area contributed by atoms with E-state index in [0.717, 1.165) is 5.56 Å². The summed E-state index contributed by atoms with van der Waals surface area (Å²) in [7, 11) is 0. The summed E-state index contributed by atoms with van der Waals surface area (Å²) in [5.74, 6) is 0. The SMILES string of the molecule is OCc1ccc(N2CCCCC2)cc1. The topological polar surface area (TPSA) is 23.5 Å². The summed E-state index contributed by atoms with van der Waals surface area (Å²) < 4.78 is 0. The van der Waals surface area contributed by atoms with Crippen LogP contribution in [0.4, 0.5) is 5.69 Å². The minimum atomic E-state index is 0.139. The summed E-state index contributed by atoms with van der Waals surface area (Å²) in [6, 6.07) is 8.22. The molecule has 76 valence electrons. The Morgan fingerprint density at radius 1 is 1.00 bits per heavy atom. The minimum Gasteiger partial charge on any atom is -0.392 e. The van der Waals surface area contributed by atoms with Crippen LogP contribution in [-0.2, 0) is 6.61 Å². The molecular weight excluding hydrogens is 174 g/mol.